The highest BCUT2D eigenvalue weighted by molar-refractivity contribution is 5.36. The van der Waals surface area contributed by atoms with Crippen molar-refractivity contribution in [3.05, 3.63) is 17.6 Å². The van der Waals surface area contributed by atoms with Crippen LogP contribution in [-0.2, 0) is 0 Å². The van der Waals surface area contributed by atoms with Crippen LogP contribution >= 0.6 is 0 Å². The zero-order valence-corrected chi connectivity index (χ0v) is 9.75. The first-order valence-electron chi connectivity index (χ1n) is 5.77. The van der Waals surface area contributed by atoms with Gasteiger partial charge >= 0.3 is 0 Å². The maximum atomic E-state index is 4.65. The molecule has 1 fully saturated rings. The molecule has 0 bridgehead atoms. The van der Waals surface area contributed by atoms with Gasteiger partial charge in [0.05, 0.1) is 0 Å². The minimum atomic E-state index is 0.471. The summed E-state index contributed by atoms with van der Waals surface area (Å²) in [5.74, 6) is 3.07. The molecule has 82 valence electrons. The number of hydrogen-bond donors (Lipinski definition) is 1. The molecule has 0 unspecified atom stereocenters. The summed E-state index contributed by atoms with van der Waals surface area (Å²) >= 11 is 0. The van der Waals surface area contributed by atoms with Crippen LogP contribution in [0.4, 0.5) is 5.82 Å². The molecule has 0 spiro atoms. The van der Waals surface area contributed by atoms with Gasteiger partial charge in [0.1, 0.15) is 11.6 Å². The van der Waals surface area contributed by atoms with E-state index in [-0.39, 0.29) is 0 Å². The van der Waals surface area contributed by atoms with Gasteiger partial charge in [0.15, 0.2) is 0 Å². The molecule has 1 saturated carbocycles. The van der Waals surface area contributed by atoms with Crippen LogP contribution in [-0.4, -0.2) is 17.0 Å². The first-order chi connectivity index (χ1) is 7.20. The first kappa shape index (κ1) is 10.4. The highest BCUT2D eigenvalue weighted by atomic mass is 15.0. The highest BCUT2D eigenvalue weighted by Gasteiger charge is 2.23. The molecule has 15 heavy (non-hydrogen) atoms. The predicted molar refractivity (Wildman–Crippen MR) is 62.3 cm³/mol. The van der Waals surface area contributed by atoms with Crippen LogP contribution < -0.4 is 5.32 Å². The Morgan fingerprint density at radius 3 is 2.53 bits per heavy atom. The van der Waals surface area contributed by atoms with Gasteiger partial charge in [0, 0.05) is 24.7 Å². The summed E-state index contributed by atoms with van der Waals surface area (Å²) < 4.78 is 0. The van der Waals surface area contributed by atoms with E-state index in [4.69, 9.17) is 0 Å². The smallest absolute Gasteiger partial charge is 0.134 e. The van der Waals surface area contributed by atoms with Gasteiger partial charge in [-0.15, -0.1) is 0 Å². The summed E-state index contributed by atoms with van der Waals surface area (Å²) in [6.07, 6.45) is 3.84. The standard InChI is InChI=1S/C12H19N3/c1-8(2)10-7-11(13-3)15-12(14-10)9-5-4-6-9/h7-9H,4-6H2,1-3H3,(H,13,14,15). The largest absolute Gasteiger partial charge is 0.373 e. The number of nitrogens with zero attached hydrogens (tertiary/aromatic N) is 2. The molecule has 0 amide bonds. The highest BCUT2D eigenvalue weighted by Crippen LogP contribution is 2.35. The van der Waals surface area contributed by atoms with Crippen LogP contribution in [0.3, 0.4) is 0 Å². The zero-order chi connectivity index (χ0) is 10.8. The van der Waals surface area contributed by atoms with Gasteiger partial charge in [-0.25, -0.2) is 9.97 Å². The minimum absolute atomic E-state index is 0.471. The van der Waals surface area contributed by atoms with E-state index < -0.39 is 0 Å². The van der Waals surface area contributed by atoms with Gasteiger partial charge in [-0.05, 0) is 18.8 Å². The fourth-order valence-electron chi connectivity index (χ4n) is 1.76. The van der Waals surface area contributed by atoms with Crippen molar-refractivity contribution >= 4 is 5.82 Å². The molecule has 3 heteroatoms. The number of anilines is 1. The summed E-state index contributed by atoms with van der Waals surface area (Å²) in [7, 11) is 1.91. The summed E-state index contributed by atoms with van der Waals surface area (Å²) in [5.41, 5.74) is 1.15. The number of hydrogen-bond acceptors (Lipinski definition) is 3. The van der Waals surface area contributed by atoms with Crippen LogP contribution in [0, 0.1) is 0 Å². The van der Waals surface area contributed by atoms with Crippen LogP contribution in [0.15, 0.2) is 6.07 Å². The summed E-state index contributed by atoms with van der Waals surface area (Å²) in [6.45, 7) is 4.35. The van der Waals surface area contributed by atoms with Crippen LogP contribution in [0.2, 0.25) is 0 Å². The monoisotopic (exact) mass is 205 g/mol. The third-order valence-electron chi connectivity index (χ3n) is 3.08. The normalized spacial score (nSPS) is 16.5. The van der Waals surface area contributed by atoms with Gasteiger partial charge in [0.2, 0.25) is 0 Å². The Kier molecular flexibility index (Phi) is 2.89. The summed E-state index contributed by atoms with van der Waals surface area (Å²) in [5, 5.41) is 3.11. The van der Waals surface area contributed by atoms with E-state index in [0.717, 1.165) is 17.3 Å². The average molecular weight is 205 g/mol. The second-order valence-corrected chi connectivity index (χ2v) is 4.57. The quantitative estimate of drug-likeness (QED) is 0.824. The number of aromatic nitrogens is 2. The summed E-state index contributed by atoms with van der Waals surface area (Å²) in [6, 6.07) is 2.05. The molecule has 0 atom stereocenters. The minimum Gasteiger partial charge on any atom is -0.373 e. The third kappa shape index (κ3) is 2.11. The van der Waals surface area contributed by atoms with Crippen molar-refractivity contribution in [3.63, 3.8) is 0 Å². The average Bonchev–Trinajstić information content (AvgIpc) is 2.14. The van der Waals surface area contributed by atoms with E-state index in [0.29, 0.717) is 11.8 Å². The van der Waals surface area contributed by atoms with Crippen molar-refractivity contribution in [1.29, 1.82) is 0 Å². The van der Waals surface area contributed by atoms with Gasteiger partial charge in [-0.3, -0.25) is 0 Å². The Bertz CT molecular complexity index is 343. The SMILES string of the molecule is CNc1cc(C(C)C)nc(C2CCC2)n1. The Morgan fingerprint density at radius 2 is 2.07 bits per heavy atom. The fraction of sp³-hybridized carbons (Fsp3) is 0.667. The van der Waals surface area contributed by atoms with Crippen LogP contribution in [0.25, 0.3) is 0 Å². The second-order valence-electron chi connectivity index (χ2n) is 4.57. The molecule has 1 aromatic heterocycles. The predicted octanol–water partition coefficient (Wildman–Crippen LogP) is 2.91. The van der Waals surface area contributed by atoms with E-state index >= 15 is 0 Å². The lowest BCUT2D eigenvalue weighted by atomic mass is 9.84. The molecule has 0 saturated heterocycles. The third-order valence-corrected chi connectivity index (χ3v) is 3.08. The Hall–Kier alpha value is -1.12. The van der Waals surface area contributed by atoms with E-state index in [1.165, 1.54) is 19.3 Å². The van der Waals surface area contributed by atoms with E-state index in [2.05, 4.69) is 29.1 Å². The molecule has 1 heterocycles. The Balaban J connectivity index is 2.32. The lowest BCUT2D eigenvalue weighted by molar-refractivity contribution is 0.400. The molecule has 0 radical (unpaired) electrons. The molecule has 3 nitrogen and oxygen atoms in total. The Morgan fingerprint density at radius 1 is 1.33 bits per heavy atom. The Labute approximate surface area is 91.3 Å². The zero-order valence-electron chi connectivity index (χ0n) is 9.75. The van der Waals surface area contributed by atoms with Gasteiger partial charge in [-0.1, -0.05) is 20.3 Å². The number of nitrogens with one attached hydrogen (secondary N) is 1. The van der Waals surface area contributed by atoms with Gasteiger partial charge < -0.3 is 5.32 Å². The van der Waals surface area contributed by atoms with Crippen molar-refractivity contribution in [1.82, 2.24) is 9.97 Å². The van der Waals surface area contributed by atoms with Crippen LogP contribution in [0.5, 0.6) is 0 Å². The maximum Gasteiger partial charge on any atom is 0.134 e. The van der Waals surface area contributed by atoms with Crippen molar-refractivity contribution in [2.45, 2.75) is 44.9 Å². The molecule has 1 aromatic rings. The van der Waals surface area contributed by atoms with E-state index in [1.54, 1.807) is 0 Å². The van der Waals surface area contributed by atoms with Crippen LogP contribution in [0.1, 0.15) is 56.5 Å². The van der Waals surface area contributed by atoms with Gasteiger partial charge in [0.25, 0.3) is 0 Å². The summed E-state index contributed by atoms with van der Waals surface area (Å²) in [4.78, 5) is 9.19. The maximum absolute atomic E-state index is 4.65. The molecule has 1 aliphatic rings. The molecule has 1 aliphatic carbocycles. The molecule has 0 aliphatic heterocycles. The fourth-order valence-corrected chi connectivity index (χ4v) is 1.76. The molecule has 2 rings (SSSR count). The molecule has 0 aromatic carbocycles. The topological polar surface area (TPSA) is 37.8 Å². The lowest BCUT2D eigenvalue weighted by Crippen LogP contribution is -2.15. The van der Waals surface area contributed by atoms with Crippen molar-refractivity contribution < 1.29 is 0 Å². The van der Waals surface area contributed by atoms with Crippen molar-refractivity contribution in [2.24, 2.45) is 0 Å². The lowest BCUT2D eigenvalue weighted by Gasteiger charge is -2.24. The van der Waals surface area contributed by atoms with E-state index in [9.17, 15) is 0 Å². The molecular weight excluding hydrogens is 186 g/mol. The first-order valence-corrected chi connectivity index (χ1v) is 5.77. The van der Waals surface area contributed by atoms with Crippen molar-refractivity contribution in [2.75, 3.05) is 12.4 Å². The van der Waals surface area contributed by atoms with Crippen molar-refractivity contribution in [3.8, 4) is 0 Å². The van der Waals surface area contributed by atoms with E-state index in [1.807, 2.05) is 13.1 Å². The second kappa shape index (κ2) is 4.17. The molecule has 1 N–H and O–H groups in total. The van der Waals surface area contributed by atoms with Gasteiger partial charge in [-0.2, -0.15) is 0 Å². The number of rotatable bonds is 3. The molecular formula is C12H19N3.